The summed E-state index contributed by atoms with van der Waals surface area (Å²) in [5.41, 5.74) is 3.39. The molecule has 0 rings (SSSR count). The van der Waals surface area contributed by atoms with Gasteiger partial charge in [0.05, 0.1) is 6.61 Å². The van der Waals surface area contributed by atoms with E-state index in [-0.39, 0.29) is 11.9 Å². The van der Waals surface area contributed by atoms with E-state index in [2.05, 4.69) is 22.3 Å². The van der Waals surface area contributed by atoms with Gasteiger partial charge in [0, 0.05) is 5.92 Å². The van der Waals surface area contributed by atoms with Crippen molar-refractivity contribution in [3.8, 4) is 0 Å². The van der Waals surface area contributed by atoms with Crippen LogP contribution in [0.1, 0.15) is 20.8 Å². The predicted molar refractivity (Wildman–Crippen MR) is 58.1 cm³/mol. The van der Waals surface area contributed by atoms with Crippen LogP contribution in [0.4, 0.5) is 0 Å². The van der Waals surface area contributed by atoms with Crippen LogP contribution in [0.15, 0.2) is 22.4 Å². The summed E-state index contributed by atoms with van der Waals surface area (Å²) in [6, 6.07) is -0.602. The molecule has 0 bridgehead atoms. The van der Waals surface area contributed by atoms with Crippen molar-refractivity contribution in [1.29, 1.82) is 0 Å². The lowest BCUT2D eigenvalue weighted by Gasteiger charge is -2.21. The molecule has 0 aliphatic carbocycles. The van der Waals surface area contributed by atoms with Crippen LogP contribution in [-0.2, 0) is 9.53 Å². The molecule has 0 aliphatic rings. The number of hydrogen-bond acceptors (Lipinski definition) is 4. The molecule has 2 atom stereocenters. The van der Waals surface area contributed by atoms with E-state index in [1.54, 1.807) is 6.92 Å². The number of rotatable bonds is 6. The number of hydrogen-bond donors (Lipinski definition) is 1. The van der Waals surface area contributed by atoms with Crippen LogP contribution in [0.2, 0.25) is 0 Å². The average Bonchev–Trinajstić information content (AvgIpc) is 2.18. The first-order chi connectivity index (χ1) is 7.04. The van der Waals surface area contributed by atoms with E-state index >= 15 is 0 Å². The molecule has 0 unspecified atom stereocenters. The highest BCUT2D eigenvalue weighted by molar-refractivity contribution is 6.04. The minimum Gasteiger partial charge on any atom is -0.464 e. The van der Waals surface area contributed by atoms with Gasteiger partial charge in [0.1, 0.15) is 6.04 Å². The summed E-state index contributed by atoms with van der Waals surface area (Å²) < 4.78 is 4.89. The summed E-state index contributed by atoms with van der Waals surface area (Å²) in [6.07, 6.45) is 0. The van der Waals surface area contributed by atoms with E-state index < -0.39 is 6.04 Å². The molecule has 5 nitrogen and oxygen atoms in total. The Hall–Kier alpha value is -1.33. The second kappa shape index (κ2) is 7.03. The van der Waals surface area contributed by atoms with Gasteiger partial charge in [-0.15, -0.1) is 0 Å². The van der Waals surface area contributed by atoms with Gasteiger partial charge in [-0.3, -0.25) is 10.5 Å². The molecule has 82 valence electrons. The van der Waals surface area contributed by atoms with Gasteiger partial charge in [-0.1, -0.05) is 24.3 Å². The normalized spacial score (nSPS) is 14.6. The highest BCUT2D eigenvalue weighted by Gasteiger charge is 2.26. The van der Waals surface area contributed by atoms with Crippen molar-refractivity contribution in [3.63, 3.8) is 0 Å². The zero-order valence-electron chi connectivity index (χ0n) is 9.36. The molecule has 6 heteroatoms. The number of carbonyl (C=O) groups is 1. The largest absolute Gasteiger partial charge is 0.464 e. The second-order valence-corrected chi connectivity index (χ2v) is 3.21. The van der Waals surface area contributed by atoms with Crippen molar-refractivity contribution < 1.29 is 9.53 Å². The maximum absolute atomic E-state index is 11.5. The van der Waals surface area contributed by atoms with E-state index in [9.17, 15) is 4.79 Å². The highest BCUT2D eigenvalue weighted by Crippen LogP contribution is 2.13. The van der Waals surface area contributed by atoms with Crippen molar-refractivity contribution >= 4 is 14.0 Å². The maximum atomic E-state index is 11.5. The van der Waals surface area contributed by atoms with Crippen LogP contribution in [-0.4, -0.2) is 26.6 Å². The van der Waals surface area contributed by atoms with Gasteiger partial charge in [-0.25, -0.2) is 4.79 Å². The number of carbonyl (C=O) groups excluding carboxylic acids is 1. The Kier molecular flexibility index (Phi) is 6.41. The molecule has 0 saturated heterocycles. The highest BCUT2D eigenvalue weighted by atomic mass is 16.5. The first kappa shape index (κ1) is 13.7. The maximum Gasteiger partial charge on any atom is 0.330 e. The lowest BCUT2D eigenvalue weighted by molar-refractivity contribution is -0.146. The van der Waals surface area contributed by atoms with Crippen LogP contribution in [0.5, 0.6) is 0 Å². The summed E-state index contributed by atoms with van der Waals surface area (Å²) in [6.45, 7) is 9.52. The molecule has 0 spiro atoms. The van der Waals surface area contributed by atoms with Crippen molar-refractivity contribution in [2.75, 3.05) is 6.61 Å². The lowest BCUT2D eigenvalue weighted by atomic mass is 9.96. The predicted octanol–water partition coefficient (Wildman–Crippen LogP) is 1.17. The van der Waals surface area contributed by atoms with Gasteiger partial charge in [0.15, 0.2) is 0 Å². The van der Waals surface area contributed by atoms with E-state index in [0.717, 1.165) is 5.57 Å². The molecule has 15 heavy (non-hydrogen) atoms. The smallest absolute Gasteiger partial charge is 0.330 e. The molecule has 0 heterocycles. The standard InChI is InChI=1S/C9H16BN3O2/c1-5-15-9(14)8(11-13-12-10)7(4)6(2)3/h7-8H,2,5H2,1,3-4H3,(H,11,12)/t7-,8+/m1/s1. The fraction of sp³-hybridized carbons (Fsp3) is 0.667. The van der Waals surface area contributed by atoms with Crippen LogP contribution in [0, 0.1) is 5.92 Å². The Balaban J connectivity index is 4.55. The molecule has 2 radical (unpaired) electrons. The fourth-order valence-corrected chi connectivity index (χ4v) is 0.981. The SMILES string of the molecule is [B]N=NN[C@H](C(=O)OCC)[C@H](C)C(=C)C. The van der Waals surface area contributed by atoms with Crippen LogP contribution < -0.4 is 5.43 Å². The molecule has 0 amide bonds. The molecule has 0 aromatic rings. The van der Waals surface area contributed by atoms with Crippen molar-refractivity contribution in [2.45, 2.75) is 26.8 Å². The molecular formula is C9H16BN3O2. The van der Waals surface area contributed by atoms with E-state index in [1.807, 2.05) is 13.8 Å². The monoisotopic (exact) mass is 209 g/mol. The van der Waals surface area contributed by atoms with Crippen LogP contribution in [0.3, 0.4) is 0 Å². The topological polar surface area (TPSA) is 63.0 Å². The molecular weight excluding hydrogens is 193 g/mol. The average molecular weight is 209 g/mol. The number of nitrogens with one attached hydrogen (secondary N) is 1. The Labute approximate surface area is 91.4 Å². The number of nitrogens with zero attached hydrogens (tertiary/aromatic N) is 2. The van der Waals surface area contributed by atoms with Crippen LogP contribution in [0.25, 0.3) is 0 Å². The third-order valence-corrected chi connectivity index (χ3v) is 2.07. The fourth-order valence-electron chi connectivity index (χ4n) is 0.981. The number of ether oxygens (including phenoxy) is 1. The summed E-state index contributed by atoms with van der Waals surface area (Å²) in [5, 5.41) is 6.43. The Morgan fingerprint density at radius 3 is 2.67 bits per heavy atom. The van der Waals surface area contributed by atoms with Crippen molar-refractivity contribution in [3.05, 3.63) is 12.2 Å². The van der Waals surface area contributed by atoms with Crippen molar-refractivity contribution in [2.24, 2.45) is 16.2 Å². The van der Waals surface area contributed by atoms with Crippen LogP contribution >= 0.6 is 0 Å². The second-order valence-electron chi connectivity index (χ2n) is 3.21. The zero-order chi connectivity index (χ0) is 11.8. The first-order valence-corrected chi connectivity index (χ1v) is 4.72. The van der Waals surface area contributed by atoms with Gasteiger partial charge in [0.25, 0.3) is 7.98 Å². The zero-order valence-corrected chi connectivity index (χ0v) is 9.36. The summed E-state index contributed by atoms with van der Waals surface area (Å²) >= 11 is 0. The molecule has 1 N–H and O–H groups in total. The van der Waals surface area contributed by atoms with E-state index in [4.69, 9.17) is 12.7 Å². The van der Waals surface area contributed by atoms with Gasteiger partial charge < -0.3 is 4.74 Å². The molecule has 0 aromatic heterocycles. The quantitative estimate of drug-likeness (QED) is 0.235. The van der Waals surface area contributed by atoms with Gasteiger partial charge in [0.2, 0.25) is 0 Å². The molecule has 0 saturated carbocycles. The van der Waals surface area contributed by atoms with Crippen molar-refractivity contribution in [1.82, 2.24) is 5.43 Å². The lowest BCUT2D eigenvalue weighted by Crippen LogP contribution is -2.40. The molecule has 0 aliphatic heterocycles. The Bertz CT molecular complexity index is 256. The number of esters is 1. The summed E-state index contributed by atoms with van der Waals surface area (Å²) in [7, 11) is 4.85. The van der Waals surface area contributed by atoms with Gasteiger partial charge >= 0.3 is 5.97 Å². The molecule has 0 fully saturated rings. The third-order valence-electron chi connectivity index (χ3n) is 2.07. The minimum atomic E-state index is -0.602. The minimum absolute atomic E-state index is 0.102. The van der Waals surface area contributed by atoms with E-state index in [1.165, 1.54) is 0 Å². The van der Waals surface area contributed by atoms with Gasteiger partial charge in [-0.2, -0.15) is 0 Å². The summed E-state index contributed by atoms with van der Waals surface area (Å²) in [4.78, 5) is 11.5. The Morgan fingerprint density at radius 2 is 2.27 bits per heavy atom. The Morgan fingerprint density at radius 1 is 1.67 bits per heavy atom. The first-order valence-electron chi connectivity index (χ1n) is 4.72. The third kappa shape index (κ3) is 4.62. The van der Waals surface area contributed by atoms with Gasteiger partial charge in [-0.05, 0) is 13.8 Å². The molecule has 0 aromatic carbocycles. The summed E-state index contributed by atoms with van der Waals surface area (Å²) in [5.74, 6) is -0.491. The van der Waals surface area contributed by atoms with E-state index in [0.29, 0.717) is 6.61 Å².